The van der Waals surface area contributed by atoms with E-state index in [-0.39, 0.29) is 17.8 Å². The Hall–Kier alpha value is -2.35. The van der Waals surface area contributed by atoms with Gasteiger partial charge in [-0.25, -0.2) is 4.79 Å². The Balaban J connectivity index is 1.96. The normalized spacial score (nSPS) is 22.5. The van der Waals surface area contributed by atoms with E-state index in [9.17, 15) is 4.79 Å². The van der Waals surface area contributed by atoms with Crippen LogP contribution < -0.4 is 0 Å². The molecule has 2 heteroatoms. The molecule has 0 N–H and O–H groups in total. The fourth-order valence-corrected chi connectivity index (χ4v) is 2.86. The minimum atomic E-state index is -0.367. The van der Waals surface area contributed by atoms with Crippen molar-refractivity contribution in [1.82, 2.24) is 0 Å². The summed E-state index contributed by atoms with van der Waals surface area (Å²) in [5.74, 6) is 0.0673. The molecule has 20 heavy (non-hydrogen) atoms. The Morgan fingerprint density at radius 1 is 1.30 bits per heavy atom. The van der Waals surface area contributed by atoms with Gasteiger partial charge in [-0.05, 0) is 16.7 Å². The predicted molar refractivity (Wildman–Crippen MR) is 80.1 cm³/mol. The zero-order valence-electron chi connectivity index (χ0n) is 11.2. The summed E-state index contributed by atoms with van der Waals surface area (Å²) < 4.78 is 5.29. The second-order valence-electron chi connectivity index (χ2n) is 4.98. The fourth-order valence-electron chi connectivity index (χ4n) is 2.86. The molecule has 3 rings (SSSR count). The molecule has 1 aromatic rings. The Bertz CT molecular complexity index is 635. The number of allylic oxidation sites excluding steroid dienone is 5. The van der Waals surface area contributed by atoms with E-state index in [2.05, 4.69) is 43.0 Å². The largest absolute Gasteiger partial charge is 0.462 e. The lowest BCUT2D eigenvalue weighted by Gasteiger charge is -2.32. The molecule has 2 aliphatic rings. The fraction of sp³-hybridized carbons (Fsp3) is 0.167. The Morgan fingerprint density at radius 3 is 3.00 bits per heavy atom. The zero-order chi connectivity index (χ0) is 13.9. The van der Waals surface area contributed by atoms with Gasteiger partial charge in [-0.1, -0.05) is 61.2 Å². The third-order valence-electron chi connectivity index (χ3n) is 3.83. The van der Waals surface area contributed by atoms with Crippen molar-refractivity contribution >= 4 is 12.0 Å². The topological polar surface area (TPSA) is 26.3 Å². The number of hydrogen-bond acceptors (Lipinski definition) is 2. The molecule has 0 fully saturated rings. The van der Waals surface area contributed by atoms with Gasteiger partial charge in [0.25, 0.3) is 0 Å². The second-order valence-corrected chi connectivity index (χ2v) is 4.98. The van der Waals surface area contributed by atoms with E-state index >= 15 is 0 Å². The molecule has 0 aromatic heterocycles. The predicted octanol–water partition coefficient (Wildman–Crippen LogP) is 3.64. The van der Waals surface area contributed by atoms with Crippen molar-refractivity contribution in [2.75, 3.05) is 6.61 Å². The number of ether oxygens (including phenoxy) is 1. The molecule has 0 heterocycles. The Kier molecular flexibility index (Phi) is 3.38. The summed E-state index contributed by atoms with van der Waals surface area (Å²) in [5, 5.41) is 0. The minimum absolute atomic E-state index is 0.163. The first-order valence-corrected chi connectivity index (χ1v) is 6.74. The van der Waals surface area contributed by atoms with Gasteiger partial charge >= 0.3 is 5.97 Å². The summed E-state index contributed by atoms with van der Waals surface area (Å²) in [4.78, 5) is 11.3. The highest BCUT2D eigenvalue weighted by atomic mass is 16.5. The van der Waals surface area contributed by atoms with Crippen LogP contribution in [-0.2, 0) is 9.53 Å². The first-order valence-electron chi connectivity index (χ1n) is 6.74. The third-order valence-corrected chi connectivity index (χ3v) is 3.83. The summed E-state index contributed by atoms with van der Waals surface area (Å²) in [6.45, 7) is 3.82. The van der Waals surface area contributed by atoms with E-state index in [1.165, 1.54) is 22.8 Å². The highest BCUT2D eigenvalue weighted by Gasteiger charge is 2.30. The van der Waals surface area contributed by atoms with Crippen molar-refractivity contribution in [3.8, 4) is 0 Å². The van der Waals surface area contributed by atoms with Gasteiger partial charge < -0.3 is 4.74 Å². The molecule has 0 bridgehead atoms. The van der Waals surface area contributed by atoms with Gasteiger partial charge in [0.05, 0.1) is 6.61 Å². The van der Waals surface area contributed by atoms with E-state index in [0.717, 1.165) is 0 Å². The highest BCUT2D eigenvalue weighted by Crippen LogP contribution is 2.41. The van der Waals surface area contributed by atoms with Gasteiger partial charge in [-0.2, -0.15) is 0 Å². The van der Waals surface area contributed by atoms with E-state index in [1.807, 2.05) is 18.2 Å². The van der Waals surface area contributed by atoms with Gasteiger partial charge in [-0.3, -0.25) is 0 Å². The molecule has 0 aliphatic heterocycles. The van der Waals surface area contributed by atoms with Gasteiger partial charge in [-0.15, -0.1) is 0 Å². The minimum Gasteiger partial charge on any atom is -0.462 e. The molecular formula is C18H16O2. The molecule has 0 saturated carbocycles. The van der Waals surface area contributed by atoms with Crippen LogP contribution >= 0.6 is 0 Å². The number of fused-ring (bicyclic) bond motifs is 2. The molecule has 0 saturated heterocycles. The van der Waals surface area contributed by atoms with Crippen LogP contribution in [0.15, 0.2) is 66.8 Å². The van der Waals surface area contributed by atoms with Crippen LogP contribution in [0.1, 0.15) is 17.0 Å². The SMILES string of the molecule is C=CC(=O)OCC1c2ccccc2C=C2C=CC=CC21. The van der Waals surface area contributed by atoms with Crippen molar-refractivity contribution in [1.29, 1.82) is 0 Å². The summed E-state index contributed by atoms with van der Waals surface area (Å²) in [5.41, 5.74) is 3.71. The Labute approximate surface area is 118 Å². The van der Waals surface area contributed by atoms with Crippen molar-refractivity contribution in [3.63, 3.8) is 0 Å². The molecule has 2 atom stereocenters. The second kappa shape index (κ2) is 5.33. The first-order chi connectivity index (χ1) is 9.79. The molecule has 2 aliphatic carbocycles. The molecular weight excluding hydrogens is 248 g/mol. The summed E-state index contributed by atoms with van der Waals surface area (Å²) >= 11 is 0. The van der Waals surface area contributed by atoms with E-state index in [0.29, 0.717) is 6.61 Å². The van der Waals surface area contributed by atoms with E-state index < -0.39 is 0 Å². The van der Waals surface area contributed by atoms with Crippen molar-refractivity contribution in [3.05, 3.63) is 77.9 Å². The van der Waals surface area contributed by atoms with E-state index in [1.54, 1.807) is 0 Å². The quantitative estimate of drug-likeness (QED) is 0.615. The van der Waals surface area contributed by atoms with Crippen molar-refractivity contribution in [2.45, 2.75) is 5.92 Å². The smallest absolute Gasteiger partial charge is 0.330 e. The van der Waals surface area contributed by atoms with Gasteiger partial charge in [0.1, 0.15) is 0 Å². The number of esters is 1. The average Bonchev–Trinajstić information content (AvgIpc) is 2.51. The number of carbonyl (C=O) groups excluding carboxylic acids is 1. The van der Waals surface area contributed by atoms with Gasteiger partial charge in [0.15, 0.2) is 0 Å². The summed E-state index contributed by atoms with van der Waals surface area (Å²) in [6, 6.07) is 8.28. The number of carbonyl (C=O) groups is 1. The number of rotatable bonds is 3. The van der Waals surface area contributed by atoms with Crippen LogP contribution in [-0.4, -0.2) is 12.6 Å². The van der Waals surface area contributed by atoms with E-state index in [4.69, 9.17) is 4.74 Å². The lowest BCUT2D eigenvalue weighted by molar-refractivity contribution is -0.138. The molecule has 1 aromatic carbocycles. The van der Waals surface area contributed by atoms with Crippen LogP contribution in [0, 0.1) is 5.92 Å². The first kappa shape index (κ1) is 12.7. The number of benzene rings is 1. The number of hydrogen-bond donors (Lipinski definition) is 0. The van der Waals surface area contributed by atoms with Gasteiger partial charge in [0.2, 0.25) is 0 Å². The molecule has 0 amide bonds. The Morgan fingerprint density at radius 2 is 2.15 bits per heavy atom. The van der Waals surface area contributed by atoms with Crippen LogP contribution in [0.5, 0.6) is 0 Å². The maximum Gasteiger partial charge on any atom is 0.330 e. The maximum atomic E-state index is 11.3. The van der Waals surface area contributed by atoms with Crippen LogP contribution in [0.25, 0.3) is 6.08 Å². The van der Waals surface area contributed by atoms with Crippen molar-refractivity contribution in [2.24, 2.45) is 5.92 Å². The lowest BCUT2D eigenvalue weighted by Crippen LogP contribution is -2.24. The monoisotopic (exact) mass is 264 g/mol. The summed E-state index contributed by atoms with van der Waals surface area (Å²) in [6.07, 6.45) is 11.8. The maximum absolute atomic E-state index is 11.3. The summed E-state index contributed by atoms with van der Waals surface area (Å²) in [7, 11) is 0. The van der Waals surface area contributed by atoms with Crippen molar-refractivity contribution < 1.29 is 9.53 Å². The molecule has 2 nitrogen and oxygen atoms in total. The average molecular weight is 264 g/mol. The van der Waals surface area contributed by atoms with Gasteiger partial charge in [0, 0.05) is 17.9 Å². The molecule has 0 spiro atoms. The van der Waals surface area contributed by atoms with Crippen LogP contribution in [0.3, 0.4) is 0 Å². The van der Waals surface area contributed by atoms with Crippen LogP contribution in [0.2, 0.25) is 0 Å². The molecule has 0 radical (unpaired) electrons. The van der Waals surface area contributed by atoms with Crippen LogP contribution in [0.4, 0.5) is 0 Å². The zero-order valence-corrected chi connectivity index (χ0v) is 11.2. The molecule has 100 valence electrons. The third kappa shape index (κ3) is 2.25. The highest BCUT2D eigenvalue weighted by molar-refractivity contribution is 5.81. The molecule has 2 unspecified atom stereocenters. The lowest BCUT2D eigenvalue weighted by atomic mass is 9.73. The standard InChI is InChI=1S/C18H16O2/c1-2-18(19)20-12-17-15-9-5-3-7-13(15)11-14-8-4-6-10-16(14)17/h2-11,15,17H,1,12H2.